The van der Waals surface area contributed by atoms with E-state index in [1.165, 1.54) is 6.08 Å². The average Bonchev–Trinajstić information content (AvgIpc) is 2.89. The molecule has 10 heteroatoms. The van der Waals surface area contributed by atoms with E-state index in [2.05, 4.69) is 15.2 Å². The molecule has 1 aliphatic carbocycles. The number of piperidine rings is 1. The molecule has 2 aromatic rings. The number of hydrogen-bond acceptors (Lipinski definition) is 5. The molecule has 37 heavy (non-hydrogen) atoms. The number of nitrogens with one attached hydrogen (secondary N) is 1. The van der Waals surface area contributed by atoms with Crippen molar-refractivity contribution in [1.29, 1.82) is 0 Å². The Hall–Kier alpha value is -3.59. The molecule has 1 saturated heterocycles. The fourth-order valence-electron chi connectivity index (χ4n) is 4.86. The molecule has 2 N–H and O–H groups in total. The summed E-state index contributed by atoms with van der Waals surface area (Å²) in [5.74, 6) is 0.354. The highest BCUT2D eigenvalue weighted by atomic mass is 35.5. The monoisotopic (exact) mass is 526 g/mol. The summed E-state index contributed by atoms with van der Waals surface area (Å²) in [6, 6.07) is 9.07. The van der Waals surface area contributed by atoms with E-state index in [0.29, 0.717) is 48.9 Å². The quantitative estimate of drug-likeness (QED) is 0.576. The third-order valence-electron chi connectivity index (χ3n) is 6.92. The van der Waals surface area contributed by atoms with E-state index in [0.717, 1.165) is 16.9 Å². The highest BCUT2D eigenvalue weighted by Crippen LogP contribution is 2.37. The summed E-state index contributed by atoms with van der Waals surface area (Å²) in [5.41, 5.74) is 2.56. The number of alkyl halides is 1. The fraction of sp³-hybridized carbons (Fsp3) is 0.370. The van der Waals surface area contributed by atoms with Crippen LogP contribution in [-0.2, 0) is 4.79 Å². The van der Waals surface area contributed by atoms with Gasteiger partial charge in [0.15, 0.2) is 0 Å². The minimum Gasteiger partial charge on any atom is -0.487 e. The van der Waals surface area contributed by atoms with E-state index in [1.807, 2.05) is 37.3 Å². The number of amides is 2. The number of aliphatic carboxylic acids is 1. The van der Waals surface area contributed by atoms with Gasteiger partial charge in [-0.15, -0.1) is 0 Å². The maximum absolute atomic E-state index is 14.4. The number of carbonyl (C=O) groups excluding carboxylic acids is 1. The summed E-state index contributed by atoms with van der Waals surface area (Å²) in [4.78, 5) is 32.5. The number of hydrogen-bond donors (Lipinski definition) is 2. The van der Waals surface area contributed by atoms with Gasteiger partial charge in [-0.1, -0.05) is 17.7 Å². The molecule has 1 fully saturated rings. The Morgan fingerprint density at radius 2 is 1.92 bits per heavy atom. The van der Waals surface area contributed by atoms with E-state index >= 15 is 0 Å². The van der Waals surface area contributed by atoms with Crippen LogP contribution in [0.15, 0.2) is 59.4 Å². The lowest BCUT2D eigenvalue weighted by Crippen LogP contribution is -2.47. The molecule has 8 nitrogen and oxygen atoms in total. The van der Waals surface area contributed by atoms with Crippen molar-refractivity contribution in [3.05, 3.63) is 59.4 Å². The second kappa shape index (κ2) is 10.4. The number of pyridine rings is 1. The van der Waals surface area contributed by atoms with Crippen LogP contribution < -0.4 is 19.9 Å². The van der Waals surface area contributed by atoms with Crippen molar-refractivity contribution in [2.75, 3.05) is 29.4 Å². The molecule has 1 aromatic heterocycles. The normalized spacial score (nSPS) is 21.9. The molecule has 5 rings (SSSR count). The van der Waals surface area contributed by atoms with Gasteiger partial charge in [0.2, 0.25) is 0 Å². The highest BCUT2D eigenvalue weighted by molar-refractivity contribution is 6.29. The lowest BCUT2D eigenvalue weighted by molar-refractivity contribution is -0.142. The van der Waals surface area contributed by atoms with Crippen molar-refractivity contribution in [3.8, 4) is 16.9 Å². The number of urea groups is 1. The lowest BCUT2D eigenvalue weighted by Gasteiger charge is -2.34. The first kappa shape index (κ1) is 25.1. The second-order valence-electron chi connectivity index (χ2n) is 9.56. The van der Waals surface area contributed by atoms with Crippen LogP contribution in [0.25, 0.3) is 11.1 Å². The van der Waals surface area contributed by atoms with Crippen LogP contribution in [0.5, 0.6) is 5.75 Å². The standard InChI is InChI=1S/C27H28ClFN4O4/c1-16-15-33(27(36)31-22-5-4-20(28)13-21(22)29)23-6-2-18(12-24(23)37-16)19-3-7-25(30-14-19)32-10-8-17(9-11-32)26(34)35/h2-7,12,14,16-17,21H,8-11,13,15H2,1H3,(H,31,36)(H,34,35). The zero-order valence-corrected chi connectivity index (χ0v) is 21.1. The number of anilines is 2. The molecule has 0 saturated carbocycles. The van der Waals surface area contributed by atoms with E-state index in [-0.39, 0.29) is 24.1 Å². The van der Waals surface area contributed by atoms with Gasteiger partial charge in [0.25, 0.3) is 0 Å². The van der Waals surface area contributed by atoms with Crippen molar-refractivity contribution in [1.82, 2.24) is 10.3 Å². The first-order chi connectivity index (χ1) is 17.8. The predicted molar refractivity (Wildman–Crippen MR) is 140 cm³/mol. The van der Waals surface area contributed by atoms with Crippen molar-refractivity contribution in [2.24, 2.45) is 5.92 Å². The van der Waals surface area contributed by atoms with E-state index < -0.39 is 18.2 Å². The van der Waals surface area contributed by atoms with Gasteiger partial charge >= 0.3 is 12.0 Å². The maximum atomic E-state index is 14.4. The van der Waals surface area contributed by atoms with Gasteiger partial charge in [0, 0.05) is 36.3 Å². The molecular formula is C27H28ClFN4O4. The number of rotatable bonds is 4. The van der Waals surface area contributed by atoms with Crippen LogP contribution in [0.2, 0.25) is 0 Å². The molecule has 2 atom stereocenters. The Morgan fingerprint density at radius 3 is 2.59 bits per heavy atom. The first-order valence-corrected chi connectivity index (χ1v) is 12.7. The van der Waals surface area contributed by atoms with Crippen molar-refractivity contribution in [2.45, 2.75) is 38.5 Å². The van der Waals surface area contributed by atoms with Crippen LogP contribution in [0.3, 0.4) is 0 Å². The highest BCUT2D eigenvalue weighted by Gasteiger charge is 2.30. The minimum absolute atomic E-state index is 0.0422. The van der Waals surface area contributed by atoms with Crippen LogP contribution in [0, 0.1) is 5.92 Å². The number of benzene rings is 1. The number of carboxylic acids is 1. The predicted octanol–water partition coefficient (Wildman–Crippen LogP) is 5.09. The third kappa shape index (κ3) is 5.41. The maximum Gasteiger partial charge on any atom is 0.326 e. The van der Waals surface area contributed by atoms with Gasteiger partial charge in [0.05, 0.1) is 23.8 Å². The summed E-state index contributed by atoms with van der Waals surface area (Å²) in [6.07, 6.45) is 4.51. The van der Waals surface area contributed by atoms with Crippen molar-refractivity contribution < 1.29 is 23.8 Å². The molecule has 2 unspecified atom stereocenters. The number of aromatic nitrogens is 1. The summed E-state index contributed by atoms with van der Waals surface area (Å²) < 4.78 is 20.4. The Morgan fingerprint density at radius 1 is 1.16 bits per heavy atom. The van der Waals surface area contributed by atoms with Gasteiger partial charge < -0.3 is 20.1 Å². The SMILES string of the molecule is CC1CN(C(=O)NC2=CC=C(Cl)CC2F)c2ccc(-c3ccc(N4CCC(C(=O)O)CC4)nc3)cc2O1. The van der Waals surface area contributed by atoms with E-state index in [1.54, 1.807) is 17.2 Å². The number of halogens is 2. The summed E-state index contributed by atoms with van der Waals surface area (Å²) in [7, 11) is 0. The molecule has 2 amide bonds. The Balaban J connectivity index is 1.31. The van der Waals surface area contributed by atoms with Crippen LogP contribution in [0.4, 0.5) is 20.7 Å². The Kier molecular flexibility index (Phi) is 7.06. The van der Waals surface area contributed by atoms with Crippen LogP contribution in [0.1, 0.15) is 26.2 Å². The summed E-state index contributed by atoms with van der Waals surface area (Å²) in [6.45, 7) is 3.53. The van der Waals surface area contributed by atoms with Crippen molar-refractivity contribution >= 4 is 35.1 Å². The minimum atomic E-state index is -1.36. The second-order valence-corrected chi connectivity index (χ2v) is 10.0. The molecule has 0 radical (unpaired) electrons. The van der Waals surface area contributed by atoms with Gasteiger partial charge in [-0.05, 0) is 61.7 Å². The molecular weight excluding hydrogens is 499 g/mol. The Bertz CT molecular complexity index is 1260. The number of carboxylic acid groups (broad SMARTS) is 1. The van der Waals surface area contributed by atoms with Gasteiger partial charge in [0.1, 0.15) is 23.8 Å². The van der Waals surface area contributed by atoms with Gasteiger partial charge in [-0.3, -0.25) is 9.69 Å². The number of carbonyl (C=O) groups is 2. The third-order valence-corrected chi connectivity index (χ3v) is 7.20. The molecule has 0 spiro atoms. The van der Waals surface area contributed by atoms with Crippen LogP contribution >= 0.6 is 11.6 Å². The van der Waals surface area contributed by atoms with E-state index in [9.17, 15) is 19.1 Å². The Labute approximate surface area is 219 Å². The largest absolute Gasteiger partial charge is 0.487 e. The molecule has 3 heterocycles. The van der Waals surface area contributed by atoms with Gasteiger partial charge in [-0.25, -0.2) is 14.2 Å². The zero-order chi connectivity index (χ0) is 26.1. The lowest BCUT2D eigenvalue weighted by atomic mass is 9.97. The molecule has 0 bridgehead atoms. The molecule has 2 aliphatic heterocycles. The van der Waals surface area contributed by atoms with Gasteiger partial charge in [-0.2, -0.15) is 0 Å². The van der Waals surface area contributed by atoms with Crippen molar-refractivity contribution in [3.63, 3.8) is 0 Å². The topological polar surface area (TPSA) is 95.0 Å². The average molecular weight is 527 g/mol. The smallest absolute Gasteiger partial charge is 0.326 e. The fourth-order valence-corrected chi connectivity index (χ4v) is 5.06. The molecule has 1 aromatic carbocycles. The summed E-state index contributed by atoms with van der Waals surface area (Å²) in [5, 5.41) is 12.3. The number of fused-ring (bicyclic) bond motifs is 1. The number of nitrogens with zero attached hydrogens (tertiary/aromatic N) is 3. The molecule has 3 aliphatic rings. The van der Waals surface area contributed by atoms with E-state index in [4.69, 9.17) is 16.3 Å². The van der Waals surface area contributed by atoms with Crippen LogP contribution in [-0.4, -0.2) is 54.0 Å². The number of ether oxygens (including phenoxy) is 1. The first-order valence-electron chi connectivity index (χ1n) is 12.3. The molecule has 194 valence electrons. The number of allylic oxidation sites excluding steroid dienone is 4. The zero-order valence-electron chi connectivity index (χ0n) is 20.4. The summed E-state index contributed by atoms with van der Waals surface area (Å²) >= 11 is 5.89.